The third kappa shape index (κ3) is 3.23. The Morgan fingerprint density at radius 2 is 2.26 bits per heavy atom. The van der Waals surface area contributed by atoms with Gasteiger partial charge in [-0.3, -0.25) is 14.5 Å². The zero-order valence-corrected chi connectivity index (χ0v) is 13.9. The van der Waals surface area contributed by atoms with E-state index in [-0.39, 0.29) is 17.7 Å². The molecule has 0 radical (unpaired) electrons. The summed E-state index contributed by atoms with van der Waals surface area (Å²) in [6, 6.07) is 1.66. The number of rotatable bonds is 4. The predicted molar refractivity (Wildman–Crippen MR) is 86.5 cm³/mol. The number of ether oxygens (including phenoxy) is 1. The Morgan fingerprint density at radius 3 is 2.91 bits per heavy atom. The molecule has 2 aromatic heterocycles. The van der Waals surface area contributed by atoms with Gasteiger partial charge in [0.25, 0.3) is 5.91 Å². The third-order valence-electron chi connectivity index (χ3n) is 4.26. The molecular formula is C16H19ClN4O2. The Balaban J connectivity index is 1.82. The molecule has 3 heterocycles. The molecular weight excluding hydrogens is 316 g/mol. The van der Waals surface area contributed by atoms with E-state index in [0.29, 0.717) is 30.3 Å². The predicted octanol–water partition coefficient (Wildman–Crippen LogP) is 1.97. The number of aryl methyl sites for hydroxylation is 1. The van der Waals surface area contributed by atoms with Crippen LogP contribution in [-0.4, -0.2) is 52.4 Å². The summed E-state index contributed by atoms with van der Waals surface area (Å²) in [5.41, 5.74) is 1.62. The molecule has 122 valence electrons. The van der Waals surface area contributed by atoms with Crippen LogP contribution < -0.4 is 0 Å². The van der Waals surface area contributed by atoms with Gasteiger partial charge in [0.2, 0.25) is 0 Å². The van der Waals surface area contributed by atoms with E-state index in [0.717, 1.165) is 5.56 Å². The molecule has 0 N–H and O–H groups in total. The van der Waals surface area contributed by atoms with Gasteiger partial charge in [-0.05, 0) is 11.6 Å². The van der Waals surface area contributed by atoms with Gasteiger partial charge >= 0.3 is 0 Å². The summed E-state index contributed by atoms with van der Waals surface area (Å²) >= 11 is 6.10. The maximum absolute atomic E-state index is 12.8. The molecule has 7 heteroatoms. The summed E-state index contributed by atoms with van der Waals surface area (Å²) in [7, 11) is 3.58. The number of methoxy groups -OCH3 is 1. The minimum absolute atomic E-state index is 0.0649. The highest BCUT2D eigenvalue weighted by atomic mass is 35.5. The number of likely N-dealkylation sites (tertiary alicyclic amines) is 1. The van der Waals surface area contributed by atoms with Gasteiger partial charge in [0.1, 0.15) is 0 Å². The van der Waals surface area contributed by atoms with E-state index in [9.17, 15) is 4.79 Å². The second-order valence-electron chi connectivity index (χ2n) is 5.83. The maximum atomic E-state index is 12.8. The van der Waals surface area contributed by atoms with Crippen LogP contribution in [-0.2, 0) is 11.8 Å². The molecule has 1 saturated heterocycles. The molecule has 2 atom stereocenters. The standard InChI is InChI=1S/C16H19ClN4O2/c1-20-7-11(5-19-20)14-9-21(8-12(14)10-23-2)16(22)13-3-4-18-6-15(13)17/h3-7,12,14H,8-10H2,1-2H3/t12-,14-/m0/s1. The highest BCUT2D eigenvalue weighted by Crippen LogP contribution is 2.34. The number of amides is 1. The molecule has 0 unspecified atom stereocenters. The molecule has 1 fully saturated rings. The second-order valence-corrected chi connectivity index (χ2v) is 6.24. The minimum atomic E-state index is -0.0649. The van der Waals surface area contributed by atoms with Gasteiger partial charge in [-0.15, -0.1) is 0 Å². The smallest absolute Gasteiger partial charge is 0.255 e. The van der Waals surface area contributed by atoms with Crippen molar-refractivity contribution < 1.29 is 9.53 Å². The lowest BCUT2D eigenvalue weighted by Gasteiger charge is -2.16. The summed E-state index contributed by atoms with van der Waals surface area (Å²) in [6.07, 6.45) is 6.94. The Bertz CT molecular complexity index is 703. The average molecular weight is 335 g/mol. The number of hydrogen-bond donors (Lipinski definition) is 0. The van der Waals surface area contributed by atoms with Crippen LogP contribution in [0.4, 0.5) is 0 Å². The van der Waals surface area contributed by atoms with Crippen LogP contribution in [0.5, 0.6) is 0 Å². The summed E-state index contributed by atoms with van der Waals surface area (Å²) in [5, 5.41) is 4.62. The van der Waals surface area contributed by atoms with E-state index in [1.54, 1.807) is 24.1 Å². The number of nitrogens with zero attached hydrogens (tertiary/aromatic N) is 4. The van der Waals surface area contributed by atoms with Crippen molar-refractivity contribution in [2.24, 2.45) is 13.0 Å². The van der Waals surface area contributed by atoms with Crippen LogP contribution in [0.15, 0.2) is 30.9 Å². The average Bonchev–Trinajstić information content (AvgIpc) is 3.14. The molecule has 3 rings (SSSR count). The fraction of sp³-hybridized carbons (Fsp3) is 0.438. The van der Waals surface area contributed by atoms with E-state index >= 15 is 0 Å². The maximum Gasteiger partial charge on any atom is 0.255 e. The van der Waals surface area contributed by atoms with Crippen LogP contribution in [0.3, 0.4) is 0 Å². The molecule has 23 heavy (non-hydrogen) atoms. The van der Waals surface area contributed by atoms with Gasteiger partial charge in [-0.25, -0.2) is 0 Å². The quantitative estimate of drug-likeness (QED) is 0.857. The van der Waals surface area contributed by atoms with Crippen molar-refractivity contribution in [2.45, 2.75) is 5.92 Å². The first kappa shape index (κ1) is 16.0. The third-order valence-corrected chi connectivity index (χ3v) is 4.57. The van der Waals surface area contributed by atoms with Crippen LogP contribution in [0.2, 0.25) is 5.02 Å². The normalized spacial score (nSPS) is 20.9. The first-order valence-corrected chi connectivity index (χ1v) is 7.84. The lowest BCUT2D eigenvalue weighted by molar-refractivity contribution is 0.0775. The molecule has 1 aliphatic heterocycles. The van der Waals surface area contributed by atoms with Crippen molar-refractivity contribution in [3.8, 4) is 0 Å². The fourth-order valence-corrected chi connectivity index (χ4v) is 3.35. The number of carbonyl (C=O) groups is 1. The summed E-state index contributed by atoms with van der Waals surface area (Å²) in [5.74, 6) is 0.395. The van der Waals surface area contributed by atoms with E-state index in [1.165, 1.54) is 6.20 Å². The van der Waals surface area contributed by atoms with E-state index < -0.39 is 0 Å². The largest absolute Gasteiger partial charge is 0.384 e. The minimum Gasteiger partial charge on any atom is -0.384 e. The zero-order valence-electron chi connectivity index (χ0n) is 13.1. The van der Waals surface area contributed by atoms with Crippen LogP contribution >= 0.6 is 11.6 Å². The monoisotopic (exact) mass is 334 g/mol. The molecule has 1 amide bonds. The highest BCUT2D eigenvalue weighted by Gasteiger charge is 2.37. The van der Waals surface area contributed by atoms with Crippen molar-refractivity contribution in [1.82, 2.24) is 19.7 Å². The lowest BCUT2D eigenvalue weighted by atomic mass is 9.92. The van der Waals surface area contributed by atoms with E-state index in [2.05, 4.69) is 10.1 Å². The molecule has 0 aliphatic carbocycles. The van der Waals surface area contributed by atoms with Crippen molar-refractivity contribution in [1.29, 1.82) is 0 Å². The van der Waals surface area contributed by atoms with Gasteiger partial charge in [-0.1, -0.05) is 11.6 Å². The molecule has 2 aromatic rings. The summed E-state index contributed by atoms with van der Waals surface area (Å²) < 4.78 is 7.12. The lowest BCUT2D eigenvalue weighted by Crippen LogP contribution is -2.29. The summed E-state index contributed by atoms with van der Waals surface area (Å²) in [6.45, 7) is 1.88. The number of halogens is 1. The second kappa shape index (κ2) is 6.68. The number of hydrogen-bond acceptors (Lipinski definition) is 4. The van der Waals surface area contributed by atoms with E-state index in [1.807, 2.05) is 24.3 Å². The van der Waals surface area contributed by atoms with E-state index in [4.69, 9.17) is 16.3 Å². The van der Waals surface area contributed by atoms with Crippen molar-refractivity contribution in [2.75, 3.05) is 26.8 Å². The van der Waals surface area contributed by atoms with Gasteiger partial charge in [0.05, 0.1) is 23.4 Å². The molecule has 6 nitrogen and oxygen atoms in total. The van der Waals surface area contributed by atoms with Crippen LogP contribution in [0, 0.1) is 5.92 Å². The van der Waals surface area contributed by atoms with Gasteiger partial charge in [0, 0.05) is 57.7 Å². The zero-order chi connectivity index (χ0) is 16.4. The molecule has 0 spiro atoms. The SMILES string of the molecule is COC[C@@H]1CN(C(=O)c2ccncc2Cl)C[C@H]1c1cnn(C)c1. The molecule has 0 aromatic carbocycles. The highest BCUT2D eigenvalue weighted by molar-refractivity contribution is 6.33. The number of carbonyl (C=O) groups excluding carboxylic acids is 1. The Morgan fingerprint density at radius 1 is 1.43 bits per heavy atom. The fourth-order valence-electron chi connectivity index (χ4n) is 3.15. The first-order valence-electron chi connectivity index (χ1n) is 7.46. The molecule has 0 saturated carbocycles. The van der Waals surface area contributed by atoms with Crippen molar-refractivity contribution in [3.63, 3.8) is 0 Å². The molecule has 0 bridgehead atoms. The van der Waals surface area contributed by atoms with Crippen LogP contribution in [0.25, 0.3) is 0 Å². The molecule has 1 aliphatic rings. The topological polar surface area (TPSA) is 60.2 Å². The number of aromatic nitrogens is 3. The van der Waals surface area contributed by atoms with Gasteiger partial charge < -0.3 is 9.64 Å². The first-order chi connectivity index (χ1) is 11.1. The van der Waals surface area contributed by atoms with Crippen LogP contribution in [0.1, 0.15) is 21.8 Å². The Kier molecular flexibility index (Phi) is 4.63. The van der Waals surface area contributed by atoms with Gasteiger partial charge in [-0.2, -0.15) is 5.10 Å². The van der Waals surface area contributed by atoms with Gasteiger partial charge in [0.15, 0.2) is 0 Å². The summed E-state index contributed by atoms with van der Waals surface area (Å²) in [4.78, 5) is 18.5. The van der Waals surface area contributed by atoms with Crippen molar-refractivity contribution in [3.05, 3.63) is 47.0 Å². The Hall–Kier alpha value is -1.92. The number of pyridine rings is 1. The Labute approximate surface area is 140 Å². The van der Waals surface area contributed by atoms with Crippen molar-refractivity contribution >= 4 is 17.5 Å².